The minimum absolute atomic E-state index is 0.636. The Kier molecular flexibility index (Phi) is 5.79. The van der Waals surface area contributed by atoms with Crippen LogP contribution in [0.4, 0.5) is 5.95 Å². The molecular formula is C18H24N6O. The van der Waals surface area contributed by atoms with Gasteiger partial charge in [0.25, 0.3) is 0 Å². The fourth-order valence-electron chi connectivity index (χ4n) is 2.72. The van der Waals surface area contributed by atoms with Crippen molar-refractivity contribution in [1.29, 1.82) is 0 Å². The van der Waals surface area contributed by atoms with Gasteiger partial charge in [0, 0.05) is 57.0 Å². The number of hydrogen-bond acceptors (Lipinski definition) is 6. The molecule has 3 aromatic rings. The molecule has 0 radical (unpaired) electrons. The largest absolute Gasteiger partial charge is 0.465 e. The summed E-state index contributed by atoms with van der Waals surface area (Å²) in [7, 11) is 1.82. The summed E-state index contributed by atoms with van der Waals surface area (Å²) in [6.07, 6.45) is 10.4. The number of hydrogen-bond donors (Lipinski definition) is 1. The molecule has 0 fully saturated rings. The van der Waals surface area contributed by atoms with Crippen molar-refractivity contribution in [3.05, 3.63) is 60.3 Å². The predicted molar refractivity (Wildman–Crippen MR) is 96.0 cm³/mol. The summed E-state index contributed by atoms with van der Waals surface area (Å²) < 4.78 is 7.84. The second-order valence-electron chi connectivity index (χ2n) is 6.04. The lowest BCUT2D eigenvalue weighted by molar-refractivity contribution is 0.227. The molecule has 132 valence electrons. The Labute approximate surface area is 147 Å². The van der Waals surface area contributed by atoms with Crippen LogP contribution in [0, 0.1) is 6.92 Å². The quantitative estimate of drug-likeness (QED) is 0.646. The van der Waals surface area contributed by atoms with Crippen molar-refractivity contribution < 1.29 is 4.42 Å². The fourth-order valence-corrected chi connectivity index (χ4v) is 2.72. The maximum atomic E-state index is 5.74. The van der Waals surface area contributed by atoms with Crippen molar-refractivity contribution in [2.75, 3.05) is 18.9 Å². The highest BCUT2D eigenvalue weighted by atomic mass is 16.3. The van der Waals surface area contributed by atoms with E-state index in [9.17, 15) is 0 Å². The first kappa shape index (κ1) is 17.2. The molecule has 3 heterocycles. The molecule has 0 unspecified atom stereocenters. The zero-order chi connectivity index (χ0) is 17.5. The fraction of sp³-hybridized carbons (Fsp3) is 0.389. The molecule has 0 aliphatic rings. The average Bonchev–Trinajstić information content (AvgIpc) is 3.27. The zero-order valence-corrected chi connectivity index (χ0v) is 14.7. The molecule has 0 saturated heterocycles. The van der Waals surface area contributed by atoms with E-state index in [-0.39, 0.29) is 0 Å². The lowest BCUT2D eigenvalue weighted by Gasteiger charge is -2.21. The van der Waals surface area contributed by atoms with Crippen molar-refractivity contribution in [3.8, 4) is 0 Å². The molecule has 0 aliphatic heterocycles. The summed E-state index contributed by atoms with van der Waals surface area (Å²) in [5.74, 6) is 2.56. The summed E-state index contributed by atoms with van der Waals surface area (Å²) in [6.45, 7) is 5.42. The smallest absolute Gasteiger partial charge is 0.222 e. The second-order valence-corrected chi connectivity index (χ2v) is 6.04. The number of aryl methyl sites for hydroxylation is 2. The molecule has 1 N–H and O–H groups in total. The van der Waals surface area contributed by atoms with Gasteiger partial charge in [0.05, 0.1) is 12.9 Å². The van der Waals surface area contributed by atoms with Gasteiger partial charge in [-0.25, -0.2) is 15.0 Å². The number of anilines is 1. The third-order valence-electron chi connectivity index (χ3n) is 3.96. The molecule has 0 bridgehead atoms. The van der Waals surface area contributed by atoms with Gasteiger partial charge in [0.2, 0.25) is 5.95 Å². The Balaban J connectivity index is 1.61. The number of aromatic nitrogens is 4. The van der Waals surface area contributed by atoms with Crippen molar-refractivity contribution in [2.24, 2.45) is 0 Å². The van der Waals surface area contributed by atoms with Gasteiger partial charge in [-0.2, -0.15) is 0 Å². The number of rotatable bonds is 9. The molecule has 0 saturated carbocycles. The van der Waals surface area contributed by atoms with Crippen LogP contribution in [-0.2, 0) is 19.6 Å². The van der Waals surface area contributed by atoms with Gasteiger partial charge in [-0.15, -0.1) is 0 Å². The van der Waals surface area contributed by atoms with Gasteiger partial charge in [-0.05, 0) is 25.5 Å². The van der Waals surface area contributed by atoms with E-state index < -0.39 is 0 Å². The Morgan fingerprint density at radius 1 is 1.20 bits per heavy atom. The average molecular weight is 340 g/mol. The second kappa shape index (κ2) is 8.43. The zero-order valence-electron chi connectivity index (χ0n) is 14.7. The molecule has 3 rings (SSSR count). The summed E-state index contributed by atoms with van der Waals surface area (Å²) >= 11 is 0. The third-order valence-corrected chi connectivity index (χ3v) is 3.96. The topological polar surface area (TPSA) is 72.0 Å². The van der Waals surface area contributed by atoms with Crippen LogP contribution in [0.25, 0.3) is 0 Å². The summed E-state index contributed by atoms with van der Waals surface area (Å²) in [6, 6.07) is 4.04. The van der Waals surface area contributed by atoms with Crippen LogP contribution in [0.3, 0.4) is 0 Å². The number of nitrogens with one attached hydrogen (secondary N) is 1. The van der Waals surface area contributed by atoms with Crippen molar-refractivity contribution >= 4 is 5.95 Å². The Hall–Kier alpha value is -2.67. The van der Waals surface area contributed by atoms with Gasteiger partial charge in [0.15, 0.2) is 0 Å². The van der Waals surface area contributed by atoms with Gasteiger partial charge < -0.3 is 14.3 Å². The summed E-state index contributed by atoms with van der Waals surface area (Å²) in [5.41, 5.74) is 1.09. The number of imidazole rings is 1. The summed E-state index contributed by atoms with van der Waals surface area (Å²) in [4.78, 5) is 15.0. The third kappa shape index (κ3) is 5.15. The van der Waals surface area contributed by atoms with Crippen LogP contribution < -0.4 is 5.32 Å². The lowest BCUT2D eigenvalue weighted by atomic mass is 10.2. The highest BCUT2D eigenvalue weighted by Gasteiger charge is 2.10. The molecular weight excluding hydrogens is 316 g/mol. The van der Waals surface area contributed by atoms with E-state index in [2.05, 4.69) is 29.7 Å². The monoisotopic (exact) mass is 340 g/mol. The van der Waals surface area contributed by atoms with E-state index in [0.29, 0.717) is 5.95 Å². The van der Waals surface area contributed by atoms with E-state index in [4.69, 9.17) is 4.42 Å². The molecule has 3 aromatic heterocycles. The highest BCUT2D eigenvalue weighted by molar-refractivity contribution is 5.23. The highest BCUT2D eigenvalue weighted by Crippen LogP contribution is 2.13. The lowest BCUT2D eigenvalue weighted by Crippen LogP contribution is -2.25. The number of nitrogens with zero attached hydrogens (tertiary/aromatic N) is 5. The van der Waals surface area contributed by atoms with E-state index in [1.807, 2.05) is 57.2 Å². The molecule has 0 aromatic carbocycles. The Bertz CT molecular complexity index is 750. The van der Waals surface area contributed by atoms with Gasteiger partial charge in [0.1, 0.15) is 11.5 Å². The first-order valence-electron chi connectivity index (χ1n) is 8.45. The minimum Gasteiger partial charge on any atom is -0.465 e. The van der Waals surface area contributed by atoms with Crippen molar-refractivity contribution in [1.82, 2.24) is 24.4 Å². The van der Waals surface area contributed by atoms with Crippen molar-refractivity contribution in [3.63, 3.8) is 0 Å². The Morgan fingerprint density at radius 3 is 2.68 bits per heavy atom. The molecule has 25 heavy (non-hydrogen) atoms. The van der Waals surface area contributed by atoms with Gasteiger partial charge >= 0.3 is 0 Å². The standard InChI is InChI=1S/C18H24N6O/c1-15-4-5-17(25-15)13-24(8-3-7-23-9-6-20-14-23)12-16-10-21-18(19-2)22-11-16/h4-6,9-11,14H,3,7-8,12-13H2,1-2H3,(H,19,21,22). The van der Waals surface area contributed by atoms with Gasteiger partial charge in [-0.3, -0.25) is 4.90 Å². The molecule has 0 aliphatic carbocycles. The van der Waals surface area contributed by atoms with Crippen LogP contribution in [0.2, 0.25) is 0 Å². The van der Waals surface area contributed by atoms with E-state index >= 15 is 0 Å². The summed E-state index contributed by atoms with van der Waals surface area (Å²) in [5, 5.41) is 2.94. The van der Waals surface area contributed by atoms with Gasteiger partial charge in [-0.1, -0.05) is 0 Å². The normalized spacial score (nSPS) is 11.2. The molecule has 7 heteroatoms. The molecule has 0 atom stereocenters. The maximum absolute atomic E-state index is 5.74. The predicted octanol–water partition coefficient (Wildman–Crippen LogP) is 2.71. The molecule has 0 amide bonds. The van der Waals surface area contributed by atoms with Crippen LogP contribution in [-0.4, -0.2) is 38.0 Å². The maximum Gasteiger partial charge on any atom is 0.222 e. The van der Waals surface area contributed by atoms with Crippen LogP contribution in [0.5, 0.6) is 0 Å². The van der Waals surface area contributed by atoms with Crippen LogP contribution in [0.15, 0.2) is 47.7 Å². The van der Waals surface area contributed by atoms with Crippen molar-refractivity contribution in [2.45, 2.75) is 33.0 Å². The van der Waals surface area contributed by atoms with E-state index in [1.165, 1.54) is 0 Å². The van der Waals surface area contributed by atoms with E-state index in [1.54, 1.807) is 0 Å². The van der Waals surface area contributed by atoms with E-state index in [0.717, 1.165) is 49.7 Å². The van der Waals surface area contributed by atoms with Crippen LogP contribution in [0.1, 0.15) is 23.5 Å². The first-order chi connectivity index (χ1) is 12.2. The molecule has 0 spiro atoms. The molecule has 7 nitrogen and oxygen atoms in total. The Morgan fingerprint density at radius 2 is 2.04 bits per heavy atom. The van der Waals surface area contributed by atoms with Crippen LogP contribution >= 0.6 is 0 Å². The number of furan rings is 1. The minimum atomic E-state index is 0.636. The first-order valence-corrected chi connectivity index (χ1v) is 8.45. The SMILES string of the molecule is CNc1ncc(CN(CCCn2ccnc2)Cc2ccc(C)o2)cn1.